The molecule has 1 aromatic heterocycles. The molecule has 0 bridgehead atoms. The molecule has 0 saturated carbocycles. The number of ether oxygens (including phenoxy) is 1. The molecule has 25 heavy (non-hydrogen) atoms. The second kappa shape index (κ2) is 7.16. The summed E-state index contributed by atoms with van der Waals surface area (Å²) in [5.74, 6) is -1.50. The van der Waals surface area contributed by atoms with E-state index in [0.29, 0.717) is 5.69 Å². The van der Waals surface area contributed by atoms with Crippen LogP contribution in [0.4, 0.5) is 5.69 Å². The van der Waals surface area contributed by atoms with E-state index < -0.39 is 29.7 Å². The van der Waals surface area contributed by atoms with Gasteiger partial charge in [-0.1, -0.05) is 39.0 Å². The molecule has 0 radical (unpaired) electrons. The predicted octanol–water partition coefficient (Wildman–Crippen LogP) is 1.16. The van der Waals surface area contributed by atoms with E-state index in [-0.39, 0.29) is 11.1 Å². The Labute approximate surface area is 143 Å². The molecule has 8 heteroatoms. The van der Waals surface area contributed by atoms with Crippen molar-refractivity contribution in [2.24, 2.45) is 0 Å². The van der Waals surface area contributed by atoms with Crippen LogP contribution in [-0.4, -0.2) is 28.5 Å². The predicted molar refractivity (Wildman–Crippen MR) is 91.7 cm³/mol. The van der Waals surface area contributed by atoms with Crippen LogP contribution < -0.4 is 16.6 Å². The van der Waals surface area contributed by atoms with Gasteiger partial charge in [-0.3, -0.25) is 14.6 Å². The molecular weight excluding hydrogens is 326 g/mol. The minimum Gasteiger partial charge on any atom is -0.451 e. The summed E-state index contributed by atoms with van der Waals surface area (Å²) in [6.07, 6.45) is 0. The monoisotopic (exact) mass is 345 g/mol. The van der Waals surface area contributed by atoms with Crippen LogP contribution in [-0.2, 0) is 14.9 Å². The molecule has 1 heterocycles. The fourth-order valence-electron chi connectivity index (χ4n) is 2.22. The van der Waals surface area contributed by atoms with Crippen LogP contribution >= 0.6 is 0 Å². The zero-order valence-electron chi connectivity index (χ0n) is 14.1. The fourth-order valence-corrected chi connectivity index (χ4v) is 2.22. The van der Waals surface area contributed by atoms with Crippen molar-refractivity contribution in [3.63, 3.8) is 0 Å². The zero-order valence-corrected chi connectivity index (χ0v) is 14.1. The maximum absolute atomic E-state index is 12.0. The van der Waals surface area contributed by atoms with Crippen molar-refractivity contribution in [3.8, 4) is 0 Å². The summed E-state index contributed by atoms with van der Waals surface area (Å²) in [4.78, 5) is 50.2. The Hall–Kier alpha value is -3.16. The Balaban J connectivity index is 2.03. The van der Waals surface area contributed by atoms with Crippen molar-refractivity contribution < 1.29 is 14.3 Å². The number of benzene rings is 1. The third kappa shape index (κ3) is 4.90. The lowest BCUT2D eigenvalue weighted by molar-refractivity contribution is -0.119. The highest BCUT2D eigenvalue weighted by atomic mass is 16.5. The number of hydrogen-bond donors (Lipinski definition) is 3. The first-order chi connectivity index (χ1) is 11.7. The number of carbonyl (C=O) groups is 2. The number of rotatable bonds is 4. The van der Waals surface area contributed by atoms with E-state index in [0.717, 1.165) is 11.6 Å². The molecule has 2 aromatic rings. The van der Waals surface area contributed by atoms with Gasteiger partial charge in [0, 0.05) is 11.8 Å². The molecule has 0 aliphatic carbocycles. The van der Waals surface area contributed by atoms with Gasteiger partial charge in [0.05, 0.1) is 0 Å². The van der Waals surface area contributed by atoms with E-state index >= 15 is 0 Å². The number of carbonyl (C=O) groups excluding carboxylic acids is 2. The molecule has 0 fully saturated rings. The standard InChI is InChI=1S/C17H19N3O5/c1-17(2,3)10-6-4-5-7-11(10)18-14(22)9-25-15(23)12-8-13(21)20-16(24)19-12/h4-8H,9H2,1-3H3,(H,18,22)(H2,19,20,21,24). The number of hydrogen-bond acceptors (Lipinski definition) is 5. The number of aromatic nitrogens is 2. The first kappa shape index (κ1) is 18.2. The van der Waals surface area contributed by atoms with Crippen LogP contribution in [0, 0.1) is 0 Å². The molecule has 3 N–H and O–H groups in total. The molecule has 0 saturated heterocycles. The second-order valence-corrected chi connectivity index (χ2v) is 6.42. The van der Waals surface area contributed by atoms with Gasteiger partial charge in [-0.05, 0) is 17.0 Å². The van der Waals surface area contributed by atoms with Crippen molar-refractivity contribution in [1.82, 2.24) is 9.97 Å². The van der Waals surface area contributed by atoms with Crippen LogP contribution in [0.15, 0.2) is 39.9 Å². The molecule has 1 amide bonds. The van der Waals surface area contributed by atoms with Gasteiger partial charge in [-0.25, -0.2) is 9.59 Å². The first-order valence-corrected chi connectivity index (χ1v) is 7.57. The molecule has 0 aliphatic heterocycles. The van der Waals surface area contributed by atoms with Gasteiger partial charge in [-0.15, -0.1) is 0 Å². The normalized spacial score (nSPS) is 11.0. The van der Waals surface area contributed by atoms with E-state index in [1.54, 1.807) is 12.1 Å². The van der Waals surface area contributed by atoms with Crippen LogP contribution in [0.25, 0.3) is 0 Å². The van der Waals surface area contributed by atoms with Gasteiger partial charge in [0.1, 0.15) is 5.69 Å². The number of nitrogens with one attached hydrogen (secondary N) is 3. The molecule has 132 valence electrons. The van der Waals surface area contributed by atoms with E-state index in [4.69, 9.17) is 4.74 Å². The summed E-state index contributed by atoms with van der Waals surface area (Å²) in [7, 11) is 0. The molecule has 2 rings (SSSR count). The average Bonchev–Trinajstić information content (AvgIpc) is 2.51. The lowest BCUT2D eigenvalue weighted by Crippen LogP contribution is -2.27. The fraction of sp³-hybridized carbons (Fsp3) is 0.294. The Bertz CT molecular complexity index is 877. The van der Waals surface area contributed by atoms with Crippen molar-refractivity contribution in [1.29, 1.82) is 0 Å². The van der Waals surface area contributed by atoms with Crippen molar-refractivity contribution in [2.45, 2.75) is 26.2 Å². The highest BCUT2D eigenvalue weighted by molar-refractivity contribution is 5.95. The van der Waals surface area contributed by atoms with Gasteiger partial charge < -0.3 is 15.0 Å². The quantitative estimate of drug-likeness (QED) is 0.718. The molecule has 0 atom stereocenters. The topological polar surface area (TPSA) is 121 Å². The van der Waals surface area contributed by atoms with Crippen molar-refractivity contribution >= 4 is 17.6 Å². The Kier molecular flexibility index (Phi) is 5.21. The van der Waals surface area contributed by atoms with Crippen molar-refractivity contribution in [3.05, 3.63) is 62.4 Å². The van der Waals surface area contributed by atoms with Gasteiger partial charge in [-0.2, -0.15) is 0 Å². The van der Waals surface area contributed by atoms with Crippen molar-refractivity contribution in [2.75, 3.05) is 11.9 Å². The summed E-state index contributed by atoms with van der Waals surface area (Å²) < 4.78 is 4.82. The van der Waals surface area contributed by atoms with Crippen LogP contribution in [0.1, 0.15) is 36.8 Å². The van der Waals surface area contributed by atoms with E-state index in [2.05, 4.69) is 10.3 Å². The summed E-state index contributed by atoms with van der Waals surface area (Å²) in [6, 6.07) is 8.21. The lowest BCUT2D eigenvalue weighted by Gasteiger charge is -2.22. The van der Waals surface area contributed by atoms with E-state index in [9.17, 15) is 19.2 Å². The highest BCUT2D eigenvalue weighted by Gasteiger charge is 2.19. The average molecular weight is 345 g/mol. The van der Waals surface area contributed by atoms with Crippen LogP contribution in [0.3, 0.4) is 0 Å². The third-order valence-electron chi connectivity index (χ3n) is 3.32. The summed E-state index contributed by atoms with van der Waals surface area (Å²) >= 11 is 0. The highest BCUT2D eigenvalue weighted by Crippen LogP contribution is 2.29. The zero-order chi connectivity index (χ0) is 18.6. The maximum Gasteiger partial charge on any atom is 0.355 e. The second-order valence-electron chi connectivity index (χ2n) is 6.42. The molecule has 0 unspecified atom stereocenters. The summed E-state index contributed by atoms with van der Waals surface area (Å²) in [5, 5.41) is 2.69. The Morgan fingerprint density at radius 2 is 1.80 bits per heavy atom. The van der Waals surface area contributed by atoms with Crippen LogP contribution in [0.2, 0.25) is 0 Å². The summed E-state index contributed by atoms with van der Waals surface area (Å²) in [6.45, 7) is 5.50. The number of anilines is 1. The maximum atomic E-state index is 12.0. The Morgan fingerprint density at radius 3 is 2.44 bits per heavy atom. The van der Waals surface area contributed by atoms with Gasteiger partial charge in [0.25, 0.3) is 11.5 Å². The molecule has 8 nitrogen and oxygen atoms in total. The lowest BCUT2D eigenvalue weighted by atomic mass is 9.86. The van der Waals surface area contributed by atoms with Gasteiger partial charge in [0.2, 0.25) is 0 Å². The minimum absolute atomic E-state index is 0.175. The number of H-pyrrole nitrogens is 2. The SMILES string of the molecule is CC(C)(C)c1ccccc1NC(=O)COC(=O)c1cc(=O)[nH]c(=O)[nH]1. The van der Waals surface area contributed by atoms with Crippen LogP contribution in [0.5, 0.6) is 0 Å². The van der Waals surface area contributed by atoms with Gasteiger partial charge in [0.15, 0.2) is 6.61 Å². The molecule has 0 spiro atoms. The number of aromatic amines is 2. The van der Waals surface area contributed by atoms with Gasteiger partial charge >= 0.3 is 11.7 Å². The smallest absolute Gasteiger partial charge is 0.355 e. The number of esters is 1. The molecule has 0 aliphatic rings. The Morgan fingerprint density at radius 1 is 1.12 bits per heavy atom. The minimum atomic E-state index is -0.970. The van der Waals surface area contributed by atoms with E-state index in [1.165, 1.54) is 0 Å². The summed E-state index contributed by atoms with van der Waals surface area (Å²) in [5.41, 5.74) is -0.501. The largest absolute Gasteiger partial charge is 0.451 e. The molecule has 1 aromatic carbocycles. The first-order valence-electron chi connectivity index (χ1n) is 7.57. The molecular formula is C17H19N3O5. The number of amides is 1. The van der Waals surface area contributed by atoms with E-state index in [1.807, 2.05) is 37.9 Å². The number of para-hydroxylation sites is 1. The third-order valence-corrected chi connectivity index (χ3v) is 3.32.